The van der Waals surface area contributed by atoms with Gasteiger partial charge in [-0.05, 0) is 18.4 Å². The number of hydrogen-bond acceptors (Lipinski definition) is 7. The summed E-state index contributed by atoms with van der Waals surface area (Å²) in [5.41, 5.74) is 6.74. The van der Waals surface area contributed by atoms with Crippen molar-refractivity contribution in [1.82, 2.24) is 15.1 Å². The quantitative estimate of drug-likeness (QED) is 0.898. The van der Waals surface area contributed by atoms with Crippen molar-refractivity contribution in [3.05, 3.63) is 35.6 Å². The van der Waals surface area contributed by atoms with Gasteiger partial charge < -0.3 is 19.7 Å². The molecule has 3 heterocycles. The smallest absolute Gasteiger partial charge is 0.246 e. The summed E-state index contributed by atoms with van der Waals surface area (Å²) in [6.07, 6.45) is 3.67. The lowest BCUT2D eigenvalue weighted by Gasteiger charge is -2.29. The Labute approximate surface area is 122 Å². The van der Waals surface area contributed by atoms with Gasteiger partial charge in [0.15, 0.2) is 5.82 Å². The summed E-state index contributed by atoms with van der Waals surface area (Å²) in [6, 6.07) is 3.73. The van der Waals surface area contributed by atoms with E-state index < -0.39 is 5.54 Å². The van der Waals surface area contributed by atoms with Crippen LogP contribution in [0.4, 0.5) is 0 Å². The van der Waals surface area contributed by atoms with E-state index in [-0.39, 0.29) is 0 Å². The first-order valence-electron chi connectivity index (χ1n) is 6.88. The Morgan fingerprint density at radius 2 is 2.14 bits per heavy atom. The molecule has 1 aliphatic heterocycles. The van der Waals surface area contributed by atoms with E-state index in [0.717, 1.165) is 5.56 Å². The zero-order valence-electron chi connectivity index (χ0n) is 11.9. The number of ether oxygens (including phenoxy) is 2. The van der Waals surface area contributed by atoms with Crippen LogP contribution >= 0.6 is 0 Å². The maximum absolute atomic E-state index is 6.32. The molecule has 0 atom stereocenters. The largest absolute Gasteiger partial charge is 0.481 e. The Morgan fingerprint density at radius 1 is 1.33 bits per heavy atom. The average molecular weight is 290 g/mol. The molecule has 3 rings (SSSR count). The van der Waals surface area contributed by atoms with Gasteiger partial charge in [-0.25, -0.2) is 4.98 Å². The number of methoxy groups -OCH3 is 1. The number of rotatable bonds is 4. The van der Waals surface area contributed by atoms with Gasteiger partial charge in [0.1, 0.15) is 5.54 Å². The third kappa shape index (κ3) is 3.03. The van der Waals surface area contributed by atoms with Gasteiger partial charge in [0.2, 0.25) is 11.8 Å². The van der Waals surface area contributed by atoms with Gasteiger partial charge in [-0.3, -0.25) is 0 Å². The molecule has 21 heavy (non-hydrogen) atoms. The Balaban J connectivity index is 1.72. The van der Waals surface area contributed by atoms with E-state index in [9.17, 15) is 0 Å². The first kappa shape index (κ1) is 14.0. The fourth-order valence-electron chi connectivity index (χ4n) is 2.30. The topological polar surface area (TPSA) is 96.3 Å². The molecule has 0 radical (unpaired) electrons. The van der Waals surface area contributed by atoms with Crippen molar-refractivity contribution in [1.29, 1.82) is 0 Å². The molecule has 2 aromatic heterocycles. The van der Waals surface area contributed by atoms with Crippen LogP contribution in [0.3, 0.4) is 0 Å². The third-order valence-electron chi connectivity index (χ3n) is 3.65. The summed E-state index contributed by atoms with van der Waals surface area (Å²) in [4.78, 5) is 8.58. The highest BCUT2D eigenvalue weighted by atomic mass is 16.5. The minimum Gasteiger partial charge on any atom is -0.481 e. The molecule has 1 fully saturated rings. The number of hydrogen-bond donors (Lipinski definition) is 1. The van der Waals surface area contributed by atoms with Crippen molar-refractivity contribution in [3.8, 4) is 5.88 Å². The molecule has 0 aliphatic carbocycles. The third-order valence-corrected chi connectivity index (χ3v) is 3.65. The van der Waals surface area contributed by atoms with Gasteiger partial charge in [-0.2, -0.15) is 4.98 Å². The SMILES string of the molecule is COc1ccc(Cc2noc(C3(N)CCOCC3)n2)cn1. The Bertz CT molecular complexity index is 591. The van der Waals surface area contributed by atoms with Gasteiger partial charge in [0.05, 0.1) is 7.11 Å². The zero-order valence-corrected chi connectivity index (χ0v) is 11.9. The van der Waals surface area contributed by atoms with Crippen LogP contribution in [0.2, 0.25) is 0 Å². The summed E-state index contributed by atoms with van der Waals surface area (Å²) >= 11 is 0. The maximum Gasteiger partial charge on any atom is 0.246 e. The highest BCUT2D eigenvalue weighted by molar-refractivity contribution is 5.20. The average Bonchev–Trinajstić information content (AvgIpc) is 2.98. The van der Waals surface area contributed by atoms with Crippen LogP contribution in [0.15, 0.2) is 22.9 Å². The van der Waals surface area contributed by atoms with E-state index in [2.05, 4.69) is 15.1 Å². The predicted octanol–water partition coefficient (Wildman–Crippen LogP) is 1.03. The second-order valence-electron chi connectivity index (χ2n) is 5.17. The number of aromatic nitrogens is 3. The summed E-state index contributed by atoms with van der Waals surface area (Å²) in [5, 5.41) is 4.01. The molecule has 7 nitrogen and oxygen atoms in total. The van der Waals surface area contributed by atoms with Crippen molar-refractivity contribution in [2.24, 2.45) is 5.73 Å². The van der Waals surface area contributed by atoms with Crippen LogP contribution in [-0.4, -0.2) is 35.4 Å². The van der Waals surface area contributed by atoms with Gasteiger partial charge in [-0.15, -0.1) is 0 Å². The van der Waals surface area contributed by atoms with Gasteiger partial charge in [0, 0.05) is 31.9 Å². The van der Waals surface area contributed by atoms with Crippen LogP contribution in [0, 0.1) is 0 Å². The molecule has 0 unspecified atom stereocenters. The van der Waals surface area contributed by atoms with Crippen LogP contribution in [0.5, 0.6) is 5.88 Å². The van der Waals surface area contributed by atoms with E-state index in [1.54, 1.807) is 19.4 Å². The maximum atomic E-state index is 6.32. The normalized spacial score (nSPS) is 17.6. The second kappa shape index (κ2) is 5.79. The zero-order chi connectivity index (χ0) is 14.7. The van der Waals surface area contributed by atoms with Gasteiger partial charge >= 0.3 is 0 Å². The highest BCUT2D eigenvalue weighted by Crippen LogP contribution is 2.28. The second-order valence-corrected chi connectivity index (χ2v) is 5.17. The van der Waals surface area contributed by atoms with E-state index in [1.807, 2.05) is 6.07 Å². The summed E-state index contributed by atoms with van der Waals surface area (Å²) in [6.45, 7) is 1.24. The van der Waals surface area contributed by atoms with Crippen molar-refractivity contribution in [2.75, 3.05) is 20.3 Å². The predicted molar refractivity (Wildman–Crippen MR) is 73.8 cm³/mol. The van der Waals surface area contributed by atoms with Gasteiger partial charge in [0.25, 0.3) is 0 Å². The van der Waals surface area contributed by atoms with Crippen molar-refractivity contribution < 1.29 is 14.0 Å². The number of nitrogens with zero attached hydrogens (tertiary/aromatic N) is 3. The highest BCUT2D eigenvalue weighted by Gasteiger charge is 2.35. The van der Waals surface area contributed by atoms with Crippen LogP contribution < -0.4 is 10.5 Å². The summed E-state index contributed by atoms with van der Waals surface area (Å²) in [5.74, 6) is 1.67. The molecule has 112 valence electrons. The molecule has 2 N–H and O–H groups in total. The van der Waals surface area contributed by atoms with E-state index in [1.165, 1.54) is 0 Å². The van der Waals surface area contributed by atoms with Crippen molar-refractivity contribution in [3.63, 3.8) is 0 Å². The van der Waals surface area contributed by atoms with Crippen molar-refractivity contribution >= 4 is 0 Å². The molecular formula is C14H18N4O3. The molecule has 0 spiro atoms. The monoisotopic (exact) mass is 290 g/mol. The van der Waals surface area contributed by atoms with E-state index in [0.29, 0.717) is 50.1 Å². The molecule has 0 aromatic carbocycles. The van der Waals surface area contributed by atoms with Crippen LogP contribution in [-0.2, 0) is 16.7 Å². The van der Waals surface area contributed by atoms with Crippen LogP contribution in [0.25, 0.3) is 0 Å². The Kier molecular flexibility index (Phi) is 3.85. The lowest BCUT2D eigenvalue weighted by Crippen LogP contribution is -2.42. The first-order valence-corrected chi connectivity index (χ1v) is 6.88. The minimum atomic E-state index is -0.568. The fourth-order valence-corrected chi connectivity index (χ4v) is 2.30. The lowest BCUT2D eigenvalue weighted by molar-refractivity contribution is 0.0400. The standard InChI is InChI=1S/C14H18N4O3/c1-19-12-3-2-10(9-16-12)8-11-17-13(21-18-11)14(15)4-6-20-7-5-14/h2-3,9H,4-8,15H2,1H3. The Hall–Kier alpha value is -1.99. The lowest BCUT2D eigenvalue weighted by atomic mass is 9.91. The van der Waals surface area contributed by atoms with Gasteiger partial charge in [-0.1, -0.05) is 11.2 Å². The van der Waals surface area contributed by atoms with E-state index in [4.69, 9.17) is 19.7 Å². The van der Waals surface area contributed by atoms with Crippen molar-refractivity contribution in [2.45, 2.75) is 24.8 Å². The minimum absolute atomic E-state index is 0.488. The molecule has 0 amide bonds. The molecule has 0 bridgehead atoms. The molecule has 2 aromatic rings. The fraction of sp³-hybridized carbons (Fsp3) is 0.500. The first-order chi connectivity index (χ1) is 10.2. The summed E-state index contributed by atoms with van der Waals surface area (Å²) in [7, 11) is 1.59. The molecule has 7 heteroatoms. The molecule has 1 saturated heterocycles. The van der Waals surface area contributed by atoms with E-state index >= 15 is 0 Å². The number of pyridine rings is 1. The molecule has 0 saturated carbocycles. The number of nitrogens with two attached hydrogens (primary N) is 1. The molecule has 1 aliphatic rings. The molecular weight excluding hydrogens is 272 g/mol. The summed E-state index contributed by atoms with van der Waals surface area (Å²) < 4.78 is 15.7. The Morgan fingerprint density at radius 3 is 2.81 bits per heavy atom. The van der Waals surface area contributed by atoms with Crippen LogP contribution in [0.1, 0.15) is 30.1 Å².